The third-order valence-corrected chi connectivity index (χ3v) is 2.08. The SMILES string of the molecule is CN(C)Cc1ccccc1C=C(C#N)C#N. The third kappa shape index (κ3) is 3.24. The molecule has 0 aromatic heterocycles. The minimum Gasteiger partial charge on any atom is -0.305 e. The Morgan fingerprint density at radius 2 is 1.88 bits per heavy atom. The summed E-state index contributed by atoms with van der Waals surface area (Å²) in [4.78, 5) is 2.05. The number of hydrogen-bond donors (Lipinski definition) is 0. The van der Waals surface area contributed by atoms with Crippen LogP contribution in [0.4, 0.5) is 0 Å². The zero-order valence-corrected chi connectivity index (χ0v) is 9.44. The van der Waals surface area contributed by atoms with Crippen molar-refractivity contribution in [3.63, 3.8) is 0 Å². The monoisotopic (exact) mass is 211 g/mol. The van der Waals surface area contributed by atoms with Gasteiger partial charge < -0.3 is 4.90 Å². The van der Waals surface area contributed by atoms with Crippen molar-refractivity contribution in [2.45, 2.75) is 6.54 Å². The van der Waals surface area contributed by atoms with Crippen molar-refractivity contribution >= 4 is 6.08 Å². The van der Waals surface area contributed by atoms with Crippen LogP contribution in [0.1, 0.15) is 11.1 Å². The van der Waals surface area contributed by atoms with Crippen LogP contribution >= 0.6 is 0 Å². The van der Waals surface area contributed by atoms with E-state index in [0.717, 1.165) is 17.7 Å². The maximum atomic E-state index is 8.71. The van der Waals surface area contributed by atoms with Gasteiger partial charge >= 0.3 is 0 Å². The van der Waals surface area contributed by atoms with E-state index in [2.05, 4.69) is 0 Å². The van der Waals surface area contributed by atoms with Crippen LogP contribution < -0.4 is 0 Å². The summed E-state index contributed by atoms with van der Waals surface area (Å²) in [6.07, 6.45) is 1.62. The minimum atomic E-state index is 0.131. The summed E-state index contributed by atoms with van der Waals surface area (Å²) >= 11 is 0. The molecule has 0 aliphatic heterocycles. The second kappa shape index (κ2) is 5.70. The topological polar surface area (TPSA) is 50.8 Å². The second-order valence-corrected chi connectivity index (χ2v) is 3.72. The Morgan fingerprint density at radius 3 is 2.44 bits per heavy atom. The summed E-state index contributed by atoms with van der Waals surface area (Å²) in [6.45, 7) is 0.789. The van der Waals surface area contributed by atoms with Gasteiger partial charge in [0.2, 0.25) is 0 Å². The molecule has 0 heterocycles. The van der Waals surface area contributed by atoms with E-state index in [4.69, 9.17) is 10.5 Å². The van der Waals surface area contributed by atoms with E-state index in [1.165, 1.54) is 0 Å². The number of hydrogen-bond acceptors (Lipinski definition) is 3. The van der Waals surface area contributed by atoms with E-state index in [0.29, 0.717) is 0 Å². The standard InChI is InChI=1S/C13H13N3/c1-16(2)10-13-6-4-3-5-12(13)7-11(8-14)9-15/h3-7H,10H2,1-2H3. The van der Waals surface area contributed by atoms with Crippen molar-refractivity contribution in [1.82, 2.24) is 4.90 Å². The van der Waals surface area contributed by atoms with Crippen LogP contribution in [-0.2, 0) is 6.54 Å². The first-order valence-corrected chi connectivity index (χ1v) is 4.92. The van der Waals surface area contributed by atoms with Crippen LogP contribution in [0.15, 0.2) is 29.8 Å². The Bertz CT molecular complexity index is 457. The fraction of sp³-hybridized carbons (Fsp3) is 0.231. The molecule has 0 aliphatic carbocycles. The molecule has 1 aromatic rings. The quantitative estimate of drug-likeness (QED) is 0.720. The van der Waals surface area contributed by atoms with Crippen molar-refractivity contribution in [3.8, 4) is 12.1 Å². The van der Waals surface area contributed by atoms with Crippen LogP contribution in [0.3, 0.4) is 0 Å². The Morgan fingerprint density at radius 1 is 1.25 bits per heavy atom. The maximum absolute atomic E-state index is 8.71. The molecule has 0 fully saturated rings. The smallest absolute Gasteiger partial charge is 0.130 e. The van der Waals surface area contributed by atoms with Crippen molar-refractivity contribution < 1.29 is 0 Å². The van der Waals surface area contributed by atoms with Gasteiger partial charge in [0, 0.05) is 6.54 Å². The molecule has 1 aromatic carbocycles. The summed E-state index contributed by atoms with van der Waals surface area (Å²) in [5.74, 6) is 0. The van der Waals surface area contributed by atoms with E-state index in [9.17, 15) is 0 Å². The lowest BCUT2D eigenvalue weighted by Gasteiger charge is -2.11. The highest BCUT2D eigenvalue weighted by Crippen LogP contribution is 2.14. The van der Waals surface area contributed by atoms with Gasteiger partial charge in [-0.15, -0.1) is 0 Å². The first-order valence-electron chi connectivity index (χ1n) is 4.92. The number of benzene rings is 1. The number of nitriles is 2. The van der Waals surface area contributed by atoms with Crippen molar-refractivity contribution in [2.75, 3.05) is 14.1 Å². The van der Waals surface area contributed by atoms with E-state index >= 15 is 0 Å². The predicted octanol–water partition coefficient (Wildman–Crippen LogP) is 2.18. The van der Waals surface area contributed by atoms with Crippen molar-refractivity contribution in [1.29, 1.82) is 10.5 Å². The molecule has 0 unspecified atom stereocenters. The lowest BCUT2D eigenvalue weighted by molar-refractivity contribution is 0.402. The van der Waals surface area contributed by atoms with Gasteiger partial charge in [-0.3, -0.25) is 0 Å². The second-order valence-electron chi connectivity index (χ2n) is 3.72. The average Bonchev–Trinajstić information content (AvgIpc) is 2.27. The molecule has 0 spiro atoms. The Kier molecular flexibility index (Phi) is 4.27. The van der Waals surface area contributed by atoms with Crippen LogP contribution in [0.25, 0.3) is 6.08 Å². The zero-order valence-electron chi connectivity index (χ0n) is 9.44. The Labute approximate surface area is 95.8 Å². The Balaban J connectivity index is 3.10. The van der Waals surface area contributed by atoms with Gasteiger partial charge in [0.15, 0.2) is 0 Å². The lowest BCUT2D eigenvalue weighted by atomic mass is 10.0. The molecule has 0 atom stereocenters. The molecule has 0 saturated carbocycles. The van der Waals surface area contributed by atoms with Crippen molar-refractivity contribution in [3.05, 3.63) is 41.0 Å². The van der Waals surface area contributed by atoms with Crippen LogP contribution in [0.5, 0.6) is 0 Å². The summed E-state index contributed by atoms with van der Waals surface area (Å²) in [6, 6.07) is 11.5. The highest BCUT2D eigenvalue weighted by atomic mass is 15.0. The number of rotatable bonds is 3. The van der Waals surface area contributed by atoms with E-state index < -0.39 is 0 Å². The Hall–Kier alpha value is -2.10. The molecule has 0 radical (unpaired) electrons. The molecule has 80 valence electrons. The molecule has 0 bridgehead atoms. The van der Waals surface area contributed by atoms with Gasteiger partial charge in [0.05, 0.1) is 0 Å². The highest BCUT2D eigenvalue weighted by molar-refractivity contribution is 5.64. The predicted molar refractivity (Wildman–Crippen MR) is 63.0 cm³/mol. The van der Waals surface area contributed by atoms with Crippen LogP contribution in [0.2, 0.25) is 0 Å². The number of allylic oxidation sites excluding steroid dienone is 1. The molecule has 0 aliphatic rings. The molecule has 0 saturated heterocycles. The zero-order chi connectivity index (χ0) is 12.0. The molecule has 0 N–H and O–H groups in total. The molecule has 3 nitrogen and oxygen atoms in total. The van der Waals surface area contributed by atoms with Gasteiger partial charge in [0.1, 0.15) is 17.7 Å². The van der Waals surface area contributed by atoms with Gasteiger partial charge in [-0.05, 0) is 31.3 Å². The first kappa shape index (κ1) is 12.0. The molecule has 3 heteroatoms. The van der Waals surface area contributed by atoms with Crippen LogP contribution in [-0.4, -0.2) is 19.0 Å². The lowest BCUT2D eigenvalue weighted by Crippen LogP contribution is -2.11. The molecular weight excluding hydrogens is 198 g/mol. The van der Waals surface area contributed by atoms with Gasteiger partial charge in [-0.1, -0.05) is 24.3 Å². The minimum absolute atomic E-state index is 0.131. The van der Waals surface area contributed by atoms with E-state index in [1.54, 1.807) is 6.08 Å². The van der Waals surface area contributed by atoms with E-state index in [-0.39, 0.29) is 5.57 Å². The molecule has 16 heavy (non-hydrogen) atoms. The van der Waals surface area contributed by atoms with Crippen molar-refractivity contribution in [2.24, 2.45) is 0 Å². The first-order chi connectivity index (χ1) is 7.67. The fourth-order valence-corrected chi connectivity index (χ4v) is 1.40. The summed E-state index contributed by atoms with van der Waals surface area (Å²) in [5, 5.41) is 17.4. The maximum Gasteiger partial charge on any atom is 0.130 e. The molecule has 0 amide bonds. The highest BCUT2D eigenvalue weighted by Gasteiger charge is 2.02. The van der Waals surface area contributed by atoms with Gasteiger partial charge in [0.25, 0.3) is 0 Å². The largest absolute Gasteiger partial charge is 0.305 e. The number of nitrogens with zero attached hydrogens (tertiary/aromatic N) is 3. The summed E-state index contributed by atoms with van der Waals surface area (Å²) < 4.78 is 0. The average molecular weight is 211 g/mol. The third-order valence-electron chi connectivity index (χ3n) is 2.08. The van der Waals surface area contributed by atoms with Crippen LogP contribution in [0, 0.1) is 22.7 Å². The summed E-state index contributed by atoms with van der Waals surface area (Å²) in [5.41, 5.74) is 2.16. The normalized spacial score (nSPS) is 9.31. The van der Waals surface area contributed by atoms with Gasteiger partial charge in [-0.2, -0.15) is 10.5 Å². The van der Waals surface area contributed by atoms with E-state index in [1.807, 2.05) is 55.4 Å². The molecule has 1 rings (SSSR count). The summed E-state index contributed by atoms with van der Waals surface area (Å²) in [7, 11) is 3.96. The van der Waals surface area contributed by atoms with Gasteiger partial charge in [-0.25, -0.2) is 0 Å². The molecular formula is C13H13N3. The fourth-order valence-electron chi connectivity index (χ4n) is 1.40.